The van der Waals surface area contributed by atoms with Gasteiger partial charge in [-0.2, -0.15) is 0 Å². The van der Waals surface area contributed by atoms with Crippen LogP contribution in [0.2, 0.25) is 0 Å². The van der Waals surface area contributed by atoms with Crippen LogP contribution in [0.25, 0.3) is 0 Å². The first kappa shape index (κ1) is 13.6. The molecule has 5 heteroatoms. The van der Waals surface area contributed by atoms with E-state index in [-0.39, 0.29) is 17.5 Å². The van der Waals surface area contributed by atoms with Crippen molar-refractivity contribution in [3.8, 4) is 0 Å². The molecule has 0 fully saturated rings. The van der Waals surface area contributed by atoms with Crippen molar-refractivity contribution in [3.05, 3.63) is 0 Å². The number of sulfone groups is 1. The van der Waals surface area contributed by atoms with E-state index in [4.69, 9.17) is 0 Å². The first-order valence-corrected chi connectivity index (χ1v) is 6.78. The predicted octanol–water partition coefficient (Wildman–Crippen LogP) is 0.236. The maximum absolute atomic E-state index is 11.4. The van der Waals surface area contributed by atoms with Gasteiger partial charge in [-0.1, -0.05) is 6.92 Å². The summed E-state index contributed by atoms with van der Waals surface area (Å²) in [5, 5.41) is 2.92. The molecule has 0 saturated carbocycles. The van der Waals surface area contributed by atoms with Gasteiger partial charge in [-0.3, -0.25) is 4.79 Å². The molecule has 84 valence electrons. The molecule has 1 atom stereocenters. The molecule has 0 aromatic heterocycles. The van der Waals surface area contributed by atoms with Gasteiger partial charge >= 0.3 is 0 Å². The van der Waals surface area contributed by atoms with Gasteiger partial charge in [0.2, 0.25) is 0 Å². The predicted molar refractivity (Wildman–Crippen MR) is 57.0 cm³/mol. The number of ketones is 1. The Morgan fingerprint density at radius 3 is 2.43 bits per heavy atom. The van der Waals surface area contributed by atoms with Crippen LogP contribution < -0.4 is 5.32 Å². The smallest absolute Gasteiger partial charge is 0.147 e. The molecule has 0 bridgehead atoms. The molecule has 0 aliphatic carbocycles. The summed E-state index contributed by atoms with van der Waals surface area (Å²) in [6.07, 6.45) is 1.98. The van der Waals surface area contributed by atoms with Crippen molar-refractivity contribution in [2.75, 3.05) is 25.6 Å². The molecule has 0 saturated heterocycles. The van der Waals surface area contributed by atoms with E-state index >= 15 is 0 Å². The van der Waals surface area contributed by atoms with Crippen LogP contribution in [0.4, 0.5) is 0 Å². The standard InChI is InChI=1S/C9H19NO3S/c1-8(7-10-2)9(11)5-4-6-14(3,12)13/h8,10H,4-7H2,1-3H3. The Hall–Kier alpha value is -0.420. The van der Waals surface area contributed by atoms with Crippen LogP contribution in [-0.4, -0.2) is 39.8 Å². The lowest BCUT2D eigenvalue weighted by Gasteiger charge is -2.08. The van der Waals surface area contributed by atoms with Crippen LogP contribution in [0.15, 0.2) is 0 Å². The molecule has 0 heterocycles. The zero-order valence-electron chi connectivity index (χ0n) is 9.04. The lowest BCUT2D eigenvalue weighted by atomic mass is 10.0. The van der Waals surface area contributed by atoms with Crippen molar-refractivity contribution in [2.45, 2.75) is 19.8 Å². The molecule has 0 aromatic rings. The molecule has 1 unspecified atom stereocenters. The minimum atomic E-state index is -2.93. The van der Waals surface area contributed by atoms with Gasteiger partial charge in [-0.15, -0.1) is 0 Å². The zero-order chi connectivity index (χ0) is 11.2. The molecule has 0 spiro atoms. The number of nitrogens with one attached hydrogen (secondary N) is 1. The Bertz CT molecular complexity index is 272. The molecule has 1 N–H and O–H groups in total. The van der Waals surface area contributed by atoms with Crippen LogP contribution in [0, 0.1) is 5.92 Å². The number of rotatable bonds is 7. The second-order valence-corrected chi connectivity index (χ2v) is 5.92. The van der Waals surface area contributed by atoms with Crippen LogP contribution >= 0.6 is 0 Å². The third-order valence-electron chi connectivity index (χ3n) is 2.00. The van der Waals surface area contributed by atoms with Gasteiger partial charge < -0.3 is 5.32 Å². The van der Waals surface area contributed by atoms with Crippen molar-refractivity contribution >= 4 is 15.6 Å². The number of carbonyl (C=O) groups is 1. The van der Waals surface area contributed by atoms with Gasteiger partial charge in [0.25, 0.3) is 0 Å². The Morgan fingerprint density at radius 2 is 2.00 bits per heavy atom. The summed E-state index contributed by atoms with van der Waals surface area (Å²) < 4.78 is 21.6. The zero-order valence-corrected chi connectivity index (χ0v) is 9.86. The lowest BCUT2D eigenvalue weighted by Crippen LogP contribution is -2.23. The SMILES string of the molecule is CNCC(C)C(=O)CCCS(C)(=O)=O. The van der Waals surface area contributed by atoms with Gasteiger partial charge in [-0.25, -0.2) is 8.42 Å². The molecule has 14 heavy (non-hydrogen) atoms. The summed E-state index contributed by atoms with van der Waals surface area (Å²) in [4.78, 5) is 11.4. The first-order valence-electron chi connectivity index (χ1n) is 4.72. The summed E-state index contributed by atoms with van der Waals surface area (Å²) in [7, 11) is -1.13. The number of Topliss-reactive ketones (excluding diaryl/α,β-unsaturated/α-hetero) is 1. The fourth-order valence-electron chi connectivity index (χ4n) is 1.18. The number of hydrogen-bond donors (Lipinski definition) is 1. The van der Waals surface area contributed by atoms with E-state index in [0.717, 1.165) is 0 Å². The van der Waals surface area contributed by atoms with E-state index in [9.17, 15) is 13.2 Å². The summed E-state index contributed by atoms with van der Waals surface area (Å²) in [6.45, 7) is 2.50. The molecule has 0 rings (SSSR count). The molecule has 0 radical (unpaired) electrons. The fourth-order valence-corrected chi connectivity index (χ4v) is 1.84. The third-order valence-corrected chi connectivity index (χ3v) is 3.03. The van der Waals surface area contributed by atoms with Gasteiger partial charge in [0, 0.05) is 25.1 Å². The number of hydrogen-bond acceptors (Lipinski definition) is 4. The highest BCUT2D eigenvalue weighted by Crippen LogP contribution is 2.03. The van der Waals surface area contributed by atoms with Gasteiger partial charge in [0.05, 0.1) is 5.75 Å². The summed E-state index contributed by atoms with van der Waals surface area (Å²) in [5.41, 5.74) is 0. The normalized spacial score (nSPS) is 13.9. The minimum absolute atomic E-state index is 0.0282. The highest BCUT2D eigenvalue weighted by Gasteiger charge is 2.12. The van der Waals surface area contributed by atoms with Crippen molar-refractivity contribution in [2.24, 2.45) is 5.92 Å². The minimum Gasteiger partial charge on any atom is -0.319 e. The Balaban J connectivity index is 3.75. The Morgan fingerprint density at radius 1 is 1.43 bits per heavy atom. The molecule has 4 nitrogen and oxygen atoms in total. The maximum Gasteiger partial charge on any atom is 0.147 e. The Labute approximate surface area is 86.0 Å². The molecular weight excluding hydrogens is 202 g/mol. The van der Waals surface area contributed by atoms with Crippen LogP contribution in [0.5, 0.6) is 0 Å². The average molecular weight is 221 g/mol. The topological polar surface area (TPSA) is 63.2 Å². The third kappa shape index (κ3) is 7.03. The van der Waals surface area contributed by atoms with E-state index in [2.05, 4.69) is 5.32 Å². The summed E-state index contributed by atoms with van der Waals surface area (Å²) >= 11 is 0. The molecular formula is C9H19NO3S. The quantitative estimate of drug-likeness (QED) is 0.668. The monoisotopic (exact) mass is 221 g/mol. The van der Waals surface area contributed by atoms with E-state index in [0.29, 0.717) is 19.4 Å². The summed E-state index contributed by atoms with van der Waals surface area (Å²) in [5.74, 6) is 0.202. The fraction of sp³-hybridized carbons (Fsp3) is 0.889. The van der Waals surface area contributed by atoms with E-state index < -0.39 is 9.84 Å². The van der Waals surface area contributed by atoms with Crippen molar-refractivity contribution in [1.29, 1.82) is 0 Å². The van der Waals surface area contributed by atoms with Gasteiger partial charge in [0.1, 0.15) is 15.6 Å². The summed E-state index contributed by atoms with van der Waals surface area (Å²) in [6, 6.07) is 0. The maximum atomic E-state index is 11.4. The van der Waals surface area contributed by atoms with Gasteiger partial charge in [0.15, 0.2) is 0 Å². The van der Waals surface area contributed by atoms with E-state index in [1.807, 2.05) is 6.92 Å². The van der Waals surface area contributed by atoms with Crippen LogP contribution in [-0.2, 0) is 14.6 Å². The second kappa shape index (κ2) is 6.14. The van der Waals surface area contributed by atoms with E-state index in [1.165, 1.54) is 6.26 Å². The average Bonchev–Trinajstić information content (AvgIpc) is 2.02. The Kier molecular flexibility index (Phi) is 5.95. The first-order chi connectivity index (χ1) is 6.37. The van der Waals surface area contributed by atoms with Gasteiger partial charge in [-0.05, 0) is 13.5 Å². The van der Waals surface area contributed by atoms with Crippen molar-refractivity contribution < 1.29 is 13.2 Å². The highest BCUT2D eigenvalue weighted by molar-refractivity contribution is 7.90. The van der Waals surface area contributed by atoms with Crippen LogP contribution in [0.3, 0.4) is 0 Å². The second-order valence-electron chi connectivity index (χ2n) is 3.66. The largest absolute Gasteiger partial charge is 0.319 e. The lowest BCUT2D eigenvalue weighted by molar-refractivity contribution is -0.122. The van der Waals surface area contributed by atoms with Crippen LogP contribution in [0.1, 0.15) is 19.8 Å². The molecule has 0 aromatic carbocycles. The molecule has 0 aliphatic heterocycles. The molecule has 0 aliphatic rings. The molecule has 0 amide bonds. The highest BCUT2D eigenvalue weighted by atomic mass is 32.2. The van der Waals surface area contributed by atoms with Crippen molar-refractivity contribution in [3.63, 3.8) is 0 Å². The number of carbonyl (C=O) groups excluding carboxylic acids is 1. The van der Waals surface area contributed by atoms with E-state index in [1.54, 1.807) is 7.05 Å². The van der Waals surface area contributed by atoms with Crippen molar-refractivity contribution in [1.82, 2.24) is 5.32 Å².